The van der Waals surface area contributed by atoms with E-state index in [0.717, 1.165) is 42.9 Å². The van der Waals surface area contributed by atoms with E-state index in [1.807, 2.05) is 29.2 Å². The minimum Gasteiger partial charge on any atom is -0.332 e. The first-order chi connectivity index (χ1) is 8.69. The fraction of sp³-hybridized carbons (Fsp3) is 0.462. The molecule has 2 amide bonds. The third kappa shape index (κ3) is 3.46. The molecular formula is C13H19BrN3O+. The largest absolute Gasteiger partial charge is 0.332 e. The van der Waals surface area contributed by atoms with Crippen LogP contribution in [0.15, 0.2) is 28.7 Å². The molecule has 18 heavy (non-hydrogen) atoms. The number of nitrogens with zero attached hydrogens (tertiary/aromatic N) is 1. The summed E-state index contributed by atoms with van der Waals surface area (Å²) in [4.78, 5) is 15.5. The zero-order valence-corrected chi connectivity index (χ0v) is 12.2. The van der Waals surface area contributed by atoms with Crippen molar-refractivity contribution in [3.05, 3.63) is 28.7 Å². The second-order valence-electron chi connectivity index (χ2n) is 4.53. The lowest BCUT2D eigenvalue weighted by Crippen LogP contribution is -3.14. The van der Waals surface area contributed by atoms with Gasteiger partial charge in [0, 0.05) is 10.2 Å². The standard InChI is InChI=1S/C13H18BrN3O/c1-2-16-7-9-17(10-8-16)13(18)15-12-5-3-11(14)4-6-12/h3-6H,2,7-10H2,1H3,(H,15,18)/p+1. The minimum atomic E-state index is 0.00692. The molecule has 1 aromatic rings. The number of hydrogen-bond acceptors (Lipinski definition) is 1. The molecule has 5 heteroatoms. The lowest BCUT2D eigenvalue weighted by molar-refractivity contribution is -0.902. The van der Waals surface area contributed by atoms with Crippen molar-refractivity contribution in [2.45, 2.75) is 6.92 Å². The number of likely N-dealkylation sites (N-methyl/N-ethyl adjacent to an activating group) is 1. The van der Waals surface area contributed by atoms with E-state index in [9.17, 15) is 4.79 Å². The third-order valence-corrected chi connectivity index (χ3v) is 3.88. The molecule has 0 bridgehead atoms. The first kappa shape index (κ1) is 13.4. The Morgan fingerprint density at radius 1 is 1.33 bits per heavy atom. The molecule has 1 aromatic carbocycles. The summed E-state index contributed by atoms with van der Waals surface area (Å²) < 4.78 is 1.01. The molecule has 0 unspecified atom stereocenters. The quantitative estimate of drug-likeness (QED) is 0.846. The van der Waals surface area contributed by atoms with Crippen molar-refractivity contribution in [3.8, 4) is 0 Å². The maximum Gasteiger partial charge on any atom is 0.322 e. The molecule has 0 atom stereocenters. The number of urea groups is 1. The summed E-state index contributed by atoms with van der Waals surface area (Å²) in [6.45, 7) is 7.10. The van der Waals surface area contributed by atoms with E-state index >= 15 is 0 Å². The third-order valence-electron chi connectivity index (χ3n) is 3.35. The monoisotopic (exact) mass is 312 g/mol. The van der Waals surface area contributed by atoms with Crippen molar-refractivity contribution in [1.82, 2.24) is 4.90 Å². The van der Waals surface area contributed by atoms with Gasteiger partial charge in [-0.25, -0.2) is 4.79 Å². The predicted octanol–water partition coefficient (Wildman–Crippen LogP) is 1.20. The molecule has 4 nitrogen and oxygen atoms in total. The minimum absolute atomic E-state index is 0.00692. The molecule has 1 fully saturated rings. The number of rotatable bonds is 2. The molecule has 0 radical (unpaired) electrons. The number of amides is 2. The number of benzene rings is 1. The molecule has 1 saturated heterocycles. The van der Waals surface area contributed by atoms with Gasteiger partial charge >= 0.3 is 6.03 Å². The summed E-state index contributed by atoms with van der Waals surface area (Å²) in [6, 6.07) is 7.65. The smallest absolute Gasteiger partial charge is 0.322 e. The molecule has 0 aromatic heterocycles. The second kappa shape index (κ2) is 6.20. The van der Waals surface area contributed by atoms with E-state index < -0.39 is 0 Å². The lowest BCUT2D eigenvalue weighted by Gasteiger charge is -2.31. The number of carbonyl (C=O) groups is 1. The first-order valence-corrected chi connectivity index (χ1v) is 7.13. The van der Waals surface area contributed by atoms with Gasteiger partial charge in [-0.15, -0.1) is 0 Å². The number of piperazine rings is 1. The highest BCUT2D eigenvalue weighted by Crippen LogP contribution is 2.14. The Balaban J connectivity index is 1.87. The van der Waals surface area contributed by atoms with Crippen molar-refractivity contribution in [3.63, 3.8) is 0 Å². The average Bonchev–Trinajstić information content (AvgIpc) is 2.41. The SMILES string of the molecule is CC[NH+]1CCN(C(=O)Nc2ccc(Br)cc2)CC1. The number of hydrogen-bond donors (Lipinski definition) is 2. The molecule has 0 aliphatic carbocycles. The second-order valence-corrected chi connectivity index (χ2v) is 5.44. The Morgan fingerprint density at radius 2 is 1.94 bits per heavy atom. The van der Waals surface area contributed by atoms with Gasteiger partial charge in [-0.2, -0.15) is 0 Å². The first-order valence-electron chi connectivity index (χ1n) is 6.34. The summed E-state index contributed by atoms with van der Waals surface area (Å²) >= 11 is 3.38. The van der Waals surface area contributed by atoms with E-state index in [0.29, 0.717) is 0 Å². The van der Waals surface area contributed by atoms with Crippen LogP contribution >= 0.6 is 15.9 Å². The van der Waals surface area contributed by atoms with E-state index in [2.05, 4.69) is 28.2 Å². The van der Waals surface area contributed by atoms with Crippen molar-refractivity contribution < 1.29 is 9.69 Å². The number of halogens is 1. The Labute approximate surface area is 116 Å². The highest BCUT2D eigenvalue weighted by Gasteiger charge is 2.22. The Hall–Kier alpha value is -1.07. The molecule has 2 rings (SSSR count). The summed E-state index contributed by atoms with van der Waals surface area (Å²) in [7, 11) is 0. The zero-order chi connectivity index (χ0) is 13.0. The number of nitrogens with one attached hydrogen (secondary N) is 2. The summed E-state index contributed by atoms with van der Waals surface area (Å²) in [5.41, 5.74) is 0.841. The molecule has 98 valence electrons. The van der Waals surface area contributed by atoms with E-state index in [-0.39, 0.29) is 6.03 Å². The predicted molar refractivity (Wildman–Crippen MR) is 76.0 cm³/mol. The van der Waals surface area contributed by atoms with Crippen LogP contribution in [-0.4, -0.2) is 43.7 Å². The van der Waals surface area contributed by atoms with Crippen LogP contribution in [0.25, 0.3) is 0 Å². The summed E-state index contributed by atoms with van der Waals surface area (Å²) in [5, 5.41) is 2.93. The summed E-state index contributed by atoms with van der Waals surface area (Å²) in [6.07, 6.45) is 0. The van der Waals surface area contributed by atoms with Crippen LogP contribution in [0.4, 0.5) is 10.5 Å². The molecule has 1 heterocycles. The van der Waals surface area contributed by atoms with E-state index in [1.54, 1.807) is 4.90 Å². The highest BCUT2D eigenvalue weighted by atomic mass is 79.9. The van der Waals surface area contributed by atoms with Gasteiger partial charge < -0.3 is 15.1 Å². The van der Waals surface area contributed by atoms with Gasteiger partial charge in [0.1, 0.15) is 0 Å². The van der Waals surface area contributed by atoms with E-state index in [4.69, 9.17) is 0 Å². The molecule has 2 N–H and O–H groups in total. The van der Waals surface area contributed by atoms with Gasteiger partial charge in [-0.05, 0) is 31.2 Å². The van der Waals surface area contributed by atoms with Crippen LogP contribution in [0.5, 0.6) is 0 Å². The van der Waals surface area contributed by atoms with Crippen LogP contribution in [-0.2, 0) is 0 Å². The molecular weight excluding hydrogens is 294 g/mol. The van der Waals surface area contributed by atoms with Crippen molar-refractivity contribution in [2.75, 3.05) is 38.0 Å². The summed E-state index contributed by atoms with van der Waals surface area (Å²) in [5.74, 6) is 0. The van der Waals surface area contributed by atoms with Crippen LogP contribution in [0.3, 0.4) is 0 Å². The van der Waals surface area contributed by atoms with Gasteiger partial charge in [0.25, 0.3) is 0 Å². The van der Waals surface area contributed by atoms with Crippen molar-refractivity contribution in [2.24, 2.45) is 0 Å². The van der Waals surface area contributed by atoms with Crippen LogP contribution in [0.1, 0.15) is 6.92 Å². The maximum absolute atomic E-state index is 12.0. The number of anilines is 1. The maximum atomic E-state index is 12.0. The van der Waals surface area contributed by atoms with Gasteiger partial charge in [-0.3, -0.25) is 0 Å². The van der Waals surface area contributed by atoms with E-state index in [1.165, 1.54) is 0 Å². The van der Waals surface area contributed by atoms with Gasteiger partial charge in [0.15, 0.2) is 0 Å². The normalized spacial score (nSPS) is 16.7. The zero-order valence-electron chi connectivity index (χ0n) is 10.6. The van der Waals surface area contributed by atoms with Gasteiger partial charge in [0.2, 0.25) is 0 Å². The van der Waals surface area contributed by atoms with Gasteiger partial charge in [-0.1, -0.05) is 15.9 Å². The number of quaternary nitrogens is 1. The Morgan fingerprint density at radius 3 is 2.50 bits per heavy atom. The molecule has 1 aliphatic rings. The molecule has 0 spiro atoms. The topological polar surface area (TPSA) is 36.8 Å². The Bertz CT molecular complexity index is 399. The fourth-order valence-corrected chi connectivity index (χ4v) is 2.38. The average molecular weight is 313 g/mol. The van der Waals surface area contributed by atoms with Crippen molar-refractivity contribution >= 4 is 27.6 Å². The van der Waals surface area contributed by atoms with Gasteiger partial charge in [0.05, 0.1) is 32.7 Å². The fourth-order valence-electron chi connectivity index (χ4n) is 2.12. The Kier molecular flexibility index (Phi) is 4.60. The van der Waals surface area contributed by atoms with Crippen LogP contribution in [0.2, 0.25) is 0 Å². The highest BCUT2D eigenvalue weighted by molar-refractivity contribution is 9.10. The molecule has 0 saturated carbocycles. The van der Waals surface area contributed by atoms with Crippen LogP contribution in [0, 0.1) is 0 Å². The molecule has 1 aliphatic heterocycles. The van der Waals surface area contributed by atoms with Crippen LogP contribution < -0.4 is 10.2 Å². The lowest BCUT2D eigenvalue weighted by atomic mass is 10.3. The number of carbonyl (C=O) groups excluding carboxylic acids is 1. The van der Waals surface area contributed by atoms with Crippen molar-refractivity contribution in [1.29, 1.82) is 0 Å².